The Bertz CT molecular complexity index is 2960. The van der Waals surface area contributed by atoms with Crippen LogP contribution in [0.3, 0.4) is 0 Å². The van der Waals surface area contributed by atoms with Crippen LogP contribution in [0.5, 0.6) is 0 Å². The maximum atomic E-state index is 12.9. The van der Waals surface area contributed by atoms with Gasteiger partial charge in [-0.1, -0.05) is 26.2 Å². The van der Waals surface area contributed by atoms with Gasteiger partial charge in [0.15, 0.2) is 36.6 Å². The van der Waals surface area contributed by atoms with Gasteiger partial charge in [-0.05, 0) is 53.4 Å². The molecule has 0 spiro atoms. The number of hydrogen-bond acceptors (Lipinski definition) is 27. The van der Waals surface area contributed by atoms with Crippen molar-refractivity contribution in [2.75, 3.05) is 21.3 Å². The zero-order chi connectivity index (χ0) is 65.9. The van der Waals surface area contributed by atoms with Gasteiger partial charge in [-0.25, -0.2) is 14.4 Å². The third-order valence-corrected chi connectivity index (χ3v) is 16.7. The summed E-state index contributed by atoms with van der Waals surface area (Å²) in [6.45, 7) is 14.0. The molecule has 0 N–H and O–H groups in total. The molecule has 33 heteroatoms. The molecule has 0 aromatic rings. The van der Waals surface area contributed by atoms with E-state index in [9.17, 15) is 83.9 Å². The molecular weight excluding hydrogens is 1220 g/mol. The fourth-order valence-corrected chi connectivity index (χ4v) is 12.7. The van der Waals surface area contributed by atoms with E-state index in [-0.39, 0.29) is 12.0 Å². The van der Waals surface area contributed by atoms with Gasteiger partial charge in [0.05, 0.1) is 40.6 Å². The first kappa shape index (κ1) is 67.3. The number of carbonyl (C=O) groups excluding carboxylic acids is 12. The molecule has 9 aliphatic heterocycles. The van der Waals surface area contributed by atoms with Gasteiger partial charge in [0.1, 0.15) is 101 Å². The Morgan fingerprint density at radius 3 is 1.28 bits per heavy atom. The van der Waals surface area contributed by atoms with Crippen molar-refractivity contribution in [1.82, 2.24) is 0 Å². The van der Waals surface area contributed by atoms with Gasteiger partial charge in [0.2, 0.25) is 0 Å². The lowest BCUT2D eigenvalue weighted by atomic mass is 9.78. The zero-order valence-corrected chi connectivity index (χ0v) is 48.5. The Kier molecular flexibility index (Phi) is 19.1. The Morgan fingerprint density at radius 1 is 0.539 bits per heavy atom. The fraction of sp³-hybridized carbons (Fsp3) is 0.679. The number of alkyl halides is 6. The van der Waals surface area contributed by atoms with E-state index in [1.54, 1.807) is 6.92 Å². The van der Waals surface area contributed by atoms with Crippen LogP contribution < -0.4 is 0 Å². The number of fused-ring (bicyclic) bond motifs is 3. The number of carbonyl (C=O) groups is 12. The van der Waals surface area contributed by atoms with Crippen LogP contribution in [0.15, 0.2) is 36.5 Å². The van der Waals surface area contributed by atoms with Gasteiger partial charge in [-0.2, -0.15) is 26.3 Å². The van der Waals surface area contributed by atoms with Crippen molar-refractivity contribution in [2.45, 2.75) is 182 Å². The molecule has 1 saturated carbocycles. The van der Waals surface area contributed by atoms with Crippen LogP contribution in [0.25, 0.3) is 0 Å². The molecule has 19 atom stereocenters. The minimum atomic E-state index is -4.97. The van der Waals surface area contributed by atoms with Crippen LogP contribution in [-0.4, -0.2) is 196 Å². The number of ether oxygens (including phenoxy) is 15. The molecule has 19 unspecified atom stereocenters. The summed E-state index contributed by atoms with van der Waals surface area (Å²) in [4.78, 5) is 145. The smallest absolute Gasteiger partial charge is 0.422 e. The SMILES string of the molecule is C=C(C(=O)OC(C)(C)CC(=O)OC1C2OC(=O)C3C2OC1C3C(=O)OC)C(F)(F)F.C=C(C(=O)OC(C)CC(=O)OC1C2OC(=O)C3C2OC1C3C(=O)OC)C(F)(F)F.C=C(C)C(=O)OC1(CC(=O)OC2C3OC(=O)C4C3OC2C4C(=O)OC)CCCCC1. The van der Waals surface area contributed by atoms with Gasteiger partial charge >= 0.3 is 84.0 Å². The van der Waals surface area contributed by atoms with Crippen molar-refractivity contribution >= 4 is 71.6 Å². The lowest BCUT2D eigenvalue weighted by Crippen LogP contribution is -2.48. The number of halogens is 6. The topological polar surface area (TPSA) is 343 Å². The quantitative estimate of drug-likeness (QED) is 0.0823. The van der Waals surface area contributed by atoms with E-state index in [4.69, 9.17) is 56.8 Å². The van der Waals surface area contributed by atoms with Gasteiger partial charge in [-0.15, -0.1) is 0 Å². The maximum Gasteiger partial charge on any atom is 0.422 e. The third kappa shape index (κ3) is 13.3. The van der Waals surface area contributed by atoms with E-state index >= 15 is 0 Å². The van der Waals surface area contributed by atoms with E-state index < -0.39 is 234 Å². The summed E-state index contributed by atoms with van der Waals surface area (Å²) >= 11 is 0. The lowest BCUT2D eigenvalue weighted by molar-refractivity contribution is -0.176. The number of methoxy groups -OCH3 is 3. The predicted octanol–water partition coefficient (Wildman–Crippen LogP) is 2.51. The monoisotopic (exact) mass is 1280 g/mol. The largest absolute Gasteiger partial charge is 0.469 e. The summed E-state index contributed by atoms with van der Waals surface area (Å²) in [5.74, 6) is -15.6. The second-order valence-electron chi connectivity index (χ2n) is 23.3. The van der Waals surface area contributed by atoms with Gasteiger partial charge in [-0.3, -0.25) is 43.2 Å². The molecule has 10 fully saturated rings. The van der Waals surface area contributed by atoms with Crippen molar-refractivity contribution in [3.05, 3.63) is 36.5 Å². The summed E-state index contributed by atoms with van der Waals surface area (Å²) in [5, 5.41) is 0. The first-order chi connectivity index (χ1) is 41.5. The van der Waals surface area contributed by atoms with Gasteiger partial charge in [0, 0.05) is 5.57 Å². The highest BCUT2D eigenvalue weighted by Crippen LogP contribution is 2.54. The molecule has 10 aliphatic rings. The van der Waals surface area contributed by atoms with E-state index in [1.807, 2.05) is 0 Å². The van der Waals surface area contributed by atoms with E-state index in [0.29, 0.717) is 12.8 Å². The Morgan fingerprint density at radius 2 is 0.910 bits per heavy atom. The summed E-state index contributed by atoms with van der Waals surface area (Å²) < 4.78 is 153. The fourth-order valence-electron chi connectivity index (χ4n) is 12.7. The van der Waals surface area contributed by atoms with Crippen molar-refractivity contribution < 1.29 is 155 Å². The standard InChI is InChI=1S/C21H26O9.C18H19F3O9.C17H17F3O9/c1-10(2)18(23)30-21(7-5-4-6-8-21)9-11(22)27-16-14-12(19(24)26-3)13-15(28-14)17(16)29-20(13)25;1-6(18(19,20)21)14(23)30-17(2,3)5-7(22)27-12-10-8(15(24)26-4)9-11(28-10)13(12)29-16(9)25;1-5(26-14(22)6(2)17(18,19)20)4-7(21)27-12-10-8(15(23)25-3)9-11(28-10)13(12)29-16(9)24/h12-17H,1,4-9H2,2-3H3;8-13H,1,5H2,2-4H3;5,8-13H,2,4H2,1,3H3. The highest BCUT2D eigenvalue weighted by molar-refractivity contribution is 5.92. The van der Waals surface area contributed by atoms with Crippen molar-refractivity contribution in [3.63, 3.8) is 0 Å². The van der Waals surface area contributed by atoms with E-state index in [0.717, 1.165) is 33.5 Å². The molecule has 9 saturated heterocycles. The molecule has 10 rings (SSSR count). The summed E-state index contributed by atoms with van der Waals surface area (Å²) in [5.41, 5.74) is -5.75. The van der Waals surface area contributed by atoms with Crippen LogP contribution >= 0.6 is 0 Å². The first-order valence-electron chi connectivity index (χ1n) is 27.7. The Balaban J connectivity index is 0.000000173. The minimum absolute atomic E-state index is 0.118. The van der Waals surface area contributed by atoms with Crippen LogP contribution in [0.2, 0.25) is 0 Å². The molecule has 9 heterocycles. The highest BCUT2D eigenvalue weighted by atomic mass is 19.4. The minimum Gasteiger partial charge on any atom is -0.469 e. The van der Waals surface area contributed by atoms with Crippen LogP contribution in [0.4, 0.5) is 26.3 Å². The number of hydrogen-bond donors (Lipinski definition) is 0. The predicted molar refractivity (Wildman–Crippen MR) is 269 cm³/mol. The lowest BCUT2D eigenvalue weighted by Gasteiger charge is -2.36. The Labute approximate surface area is 500 Å². The van der Waals surface area contributed by atoms with Crippen molar-refractivity contribution in [3.8, 4) is 0 Å². The molecule has 1 aliphatic carbocycles. The zero-order valence-electron chi connectivity index (χ0n) is 48.5. The molecule has 0 aromatic carbocycles. The Hall–Kier alpha value is -7.68. The number of rotatable bonds is 18. The van der Waals surface area contributed by atoms with Gasteiger partial charge < -0.3 is 71.1 Å². The summed E-state index contributed by atoms with van der Waals surface area (Å²) in [7, 11) is 3.51. The van der Waals surface area contributed by atoms with Crippen LogP contribution in [-0.2, 0) is 129 Å². The second-order valence-corrected chi connectivity index (χ2v) is 23.3. The summed E-state index contributed by atoms with van der Waals surface area (Å²) in [6.07, 6.45) is -19.2. The first-order valence-corrected chi connectivity index (χ1v) is 27.7. The van der Waals surface area contributed by atoms with Gasteiger partial charge in [0.25, 0.3) is 0 Å². The molecule has 89 heavy (non-hydrogen) atoms. The second kappa shape index (κ2) is 25.3. The maximum absolute atomic E-state index is 12.9. The highest BCUT2D eigenvalue weighted by Gasteiger charge is 2.74. The van der Waals surface area contributed by atoms with Crippen molar-refractivity contribution in [1.29, 1.82) is 0 Å². The van der Waals surface area contributed by atoms with Crippen molar-refractivity contribution in [2.24, 2.45) is 35.5 Å². The van der Waals surface area contributed by atoms with Crippen LogP contribution in [0, 0.1) is 35.5 Å². The summed E-state index contributed by atoms with van der Waals surface area (Å²) in [6, 6.07) is 0. The van der Waals surface area contributed by atoms with Crippen LogP contribution in [0.1, 0.15) is 79.1 Å². The third-order valence-electron chi connectivity index (χ3n) is 16.7. The molecule has 0 amide bonds. The molecular formula is C56H62F6O27. The van der Waals surface area contributed by atoms with E-state index in [2.05, 4.69) is 33.9 Å². The number of esters is 12. The molecule has 0 aromatic heterocycles. The average Bonchev–Trinajstić information content (AvgIpc) is 1.57. The molecule has 27 nitrogen and oxygen atoms in total. The molecule has 0 radical (unpaired) electrons. The normalized spacial score (nSPS) is 33.5. The average molecular weight is 1280 g/mol. The molecule has 6 bridgehead atoms. The molecule has 490 valence electrons. The van der Waals surface area contributed by atoms with E-state index in [1.165, 1.54) is 27.9 Å².